The lowest BCUT2D eigenvalue weighted by Gasteiger charge is -2.36. The van der Waals surface area contributed by atoms with Crippen molar-refractivity contribution in [1.29, 1.82) is 0 Å². The van der Waals surface area contributed by atoms with Gasteiger partial charge in [-0.25, -0.2) is 4.79 Å². The minimum Gasteiger partial charge on any atom is -0.444 e. The molecule has 2 aliphatic carbocycles. The van der Waals surface area contributed by atoms with E-state index in [0.29, 0.717) is 31.7 Å². The summed E-state index contributed by atoms with van der Waals surface area (Å²) in [5.41, 5.74) is -1.36. The summed E-state index contributed by atoms with van der Waals surface area (Å²) in [6.45, 7) is 11.1. The smallest absolute Gasteiger partial charge is 0.408 e. The maximum absolute atomic E-state index is 13.6. The number of Topliss-reactive ketones (excluding diaryl/α,β-unsaturated/α-hetero) is 1. The molecule has 10 heteroatoms. The molecule has 208 valence electrons. The van der Waals surface area contributed by atoms with E-state index >= 15 is 0 Å². The predicted molar refractivity (Wildman–Crippen MR) is 137 cm³/mol. The van der Waals surface area contributed by atoms with Crippen LogP contribution in [0.1, 0.15) is 92.9 Å². The van der Waals surface area contributed by atoms with Crippen LogP contribution in [-0.2, 0) is 23.9 Å². The highest BCUT2D eigenvalue weighted by molar-refractivity contribution is 6.38. The van der Waals surface area contributed by atoms with Gasteiger partial charge in [-0.05, 0) is 64.2 Å². The molecule has 0 unspecified atom stereocenters. The number of hydrogen-bond donors (Lipinski definition) is 3. The first kappa shape index (κ1) is 28.9. The van der Waals surface area contributed by atoms with Gasteiger partial charge in [-0.3, -0.25) is 19.2 Å². The summed E-state index contributed by atoms with van der Waals surface area (Å²) in [5.74, 6) is -1.78. The number of hydrogen-bond acceptors (Lipinski definition) is 6. The van der Waals surface area contributed by atoms with Crippen molar-refractivity contribution < 1.29 is 28.7 Å². The van der Waals surface area contributed by atoms with Crippen LogP contribution in [-0.4, -0.2) is 70.8 Å². The molecule has 0 spiro atoms. The van der Waals surface area contributed by atoms with Crippen molar-refractivity contribution in [3.05, 3.63) is 0 Å². The van der Waals surface area contributed by atoms with E-state index in [1.807, 2.05) is 20.8 Å². The zero-order chi connectivity index (χ0) is 27.5. The molecule has 3 aliphatic rings. The maximum Gasteiger partial charge on any atom is 0.408 e. The number of carbonyl (C=O) groups excluding carboxylic acids is 5. The Balaban J connectivity index is 1.70. The van der Waals surface area contributed by atoms with Gasteiger partial charge in [0.1, 0.15) is 17.7 Å². The highest BCUT2D eigenvalue weighted by Gasteiger charge is 2.43. The lowest BCUT2D eigenvalue weighted by Crippen LogP contribution is -2.59. The Bertz CT molecular complexity index is 898. The molecule has 0 aromatic heterocycles. The van der Waals surface area contributed by atoms with Crippen LogP contribution in [0.15, 0.2) is 0 Å². The summed E-state index contributed by atoms with van der Waals surface area (Å²) in [4.78, 5) is 66.4. The Kier molecular flexibility index (Phi) is 8.90. The Morgan fingerprint density at radius 1 is 0.892 bits per heavy atom. The van der Waals surface area contributed by atoms with Gasteiger partial charge in [0, 0.05) is 12.6 Å². The van der Waals surface area contributed by atoms with E-state index < -0.39 is 52.8 Å². The van der Waals surface area contributed by atoms with Crippen molar-refractivity contribution in [1.82, 2.24) is 20.9 Å². The van der Waals surface area contributed by atoms with Crippen LogP contribution in [0.3, 0.4) is 0 Å². The normalized spacial score (nSPS) is 21.9. The number of nitrogens with zero attached hydrogens (tertiary/aromatic N) is 1. The van der Waals surface area contributed by atoms with E-state index in [9.17, 15) is 24.0 Å². The van der Waals surface area contributed by atoms with Crippen LogP contribution in [0.5, 0.6) is 0 Å². The van der Waals surface area contributed by atoms with Crippen molar-refractivity contribution in [2.75, 3.05) is 6.54 Å². The molecule has 3 atom stereocenters. The monoisotopic (exact) mass is 520 g/mol. The van der Waals surface area contributed by atoms with Crippen LogP contribution in [0.4, 0.5) is 4.79 Å². The summed E-state index contributed by atoms with van der Waals surface area (Å²) in [6.07, 6.45) is 5.55. The molecular formula is C27H44N4O6. The van der Waals surface area contributed by atoms with E-state index in [4.69, 9.17) is 4.74 Å². The third kappa shape index (κ3) is 8.17. The van der Waals surface area contributed by atoms with Gasteiger partial charge >= 0.3 is 6.09 Å². The highest BCUT2D eigenvalue weighted by atomic mass is 16.6. The third-order valence-electron chi connectivity index (χ3n) is 7.18. The SMILES string of the molecule is CC(C)(C)OC(=O)N[C@H](C(=O)N1CCC[C@H]1C(=O)N[C@@H](CC1CCC1)C(=O)C(=O)NC1CC1)C(C)(C)C. The average Bonchev–Trinajstić information content (AvgIpc) is 3.41. The second-order valence-electron chi connectivity index (χ2n) is 12.8. The molecule has 3 N–H and O–H groups in total. The lowest BCUT2D eigenvalue weighted by molar-refractivity contribution is -0.144. The molecule has 1 heterocycles. The first-order valence-electron chi connectivity index (χ1n) is 13.6. The second-order valence-corrected chi connectivity index (χ2v) is 12.8. The third-order valence-corrected chi connectivity index (χ3v) is 7.18. The zero-order valence-electron chi connectivity index (χ0n) is 23.1. The van der Waals surface area contributed by atoms with Crippen LogP contribution in [0.25, 0.3) is 0 Å². The first-order valence-corrected chi connectivity index (χ1v) is 13.6. The fourth-order valence-corrected chi connectivity index (χ4v) is 4.75. The highest BCUT2D eigenvalue weighted by Crippen LogP contribution is 2.31. The summed E-state index contributed by atoms with van der Waals surface area (Å²) in [5, 5.41) is 8.23. The molecule has 37 heavy (non-hydrogen) atoms. The van der Waals surface area contributed by atoms with E-state index in [0.717, 1.165) is 32.1 Å². The summed E-state index contributed by atoms with van der Waals surface area (Å²) < 4.78 is 5.36. The van der Waals surface area contributed by atoms with Crippen LogP contribution in [0, 0.1) is 11.3 Å². The standard InChI is InChI=1S/C27H44N4O6/c1-26(2,3)21(30-25(36)37-27(4,5)6)24(35)31-14-8-11-19(31)22(33)29-18(15-16-9-7-10-16)20(32)23(34)28-17-12-13-17/h16-19,21H,7-15H2,1-6H3,(H,28,34)(H,29,33)(H,30,36)/t18-,19-,21+/m0/s1. The van der Waals surface area contributed by atoms with Gasteiger partial charge in [0.15, 0.2) is 0 Å². The van der Waals surface area contributed by atoms with E-state index in [1.165, 1.54) is 4.90 Å². The molecular weight excluding hydrogens is 476 g/mol. The minimum atomic E-state index is -0.910. The van der Waals surface area contributed by atoms with Crippen LogP contribution < -0.4 is 16.0 Å². The molecule has 0 aromatic rings. The first-order chi connectivity index (χ1) is 17.2. The Morgan fingerprint density at radius 3 is 2.05 bits per heavy atom. The Morgan fingerprint density at radius 2 is 1.54 bits per heavy atom. The zero-order valence-corrected chi connectivity index (χ0v) is 23.1. The molecule has 3 rings (SSSR count). The number of amides is 4. The molecule has 3 fully saturated rings. The molecule has 0 radical (unpaired) electrons. The van der Waals surface area contributed by atoms with Crippen LogP contribution in [0.2, 0.25) is 0 Å². The quantitative estimate of drug-likeness (QED) is 0.400. The number of nitrogens with one attached hydrogen (secondary N) is 3. The number of carbonyl (C=O) groups is 5. The van der Waals surface area contributed by atoms with Crippen molar-refractivity contribution >= 4 is 29.6 Å². The van der Waals surface area contributed by atoms with Gasteiger partial charge in [0.05, 0.1) is 6.04 Å². The summed E-state index contributed by atoms with van der Waals surface area (Å²) in [6, 6.07) is -2.55. The van der Waals surface area contributed by atoms with Gasteiger partial charge in [0.2, 0.25) is 17.6 Å². The van der Waals surface area contributed by atoms with Crippen molar-refractivity contribution in [3.8, 4) is 0 Å². The summed E-state index contributed by atoms with van der Waals surface area (Å²) >= 11 is 0. The summed E-state index contributed by atoms with van der Waals surface area (Å²) in [7, 11) is 0. The minimum absolute atomic E-state index is 0.0475. The van der Waals surface area contributed by atoms with Gasteiger partial charge < -0.3 is 25.6 Å². The van der Waals surface area contributed by atoms with Gasteiger partial charge in [0.25, 0.3) is 5.91 Å². The van der Waals surface area contributed by atoms with E-state index in [1.54, 1.807) is 20.8 Å². The molecule has 10 nitrogen and oxygen atoms in total. The van der Waals surface area contributed by atoms with E-state index in [2.05, 4.69) is 16.0 Å². The average molecular weight is 521 g/mol. The van der Waals surface area contributed by atoms with Crippen molar-refractivity contribution in [2.24, 2.45) is 11.3 Å². The van der Waals surface area contributed by atoms with Gasteiger partial charge in [-0.15, -0.1) is 0 Å². The molecule has 0 bridgehead atoms. The van der Waals surface area contributed by atoms with Crippen molar-refractivity contribution in [3.63, 3.8) is 0 Å². The largest absolute Gasteiger partial charge is 0.444 e. The molecule has 4 amide bonds. The number of likely N-dealkylation sites (tertiary alicyclic amines) is 1. The van der Waals surface area contributed by atoms with Crippen LogP contribution >= 0.6 is 0 Å². The van der Waals surface area contributed by atoms with E-state index in [-0.39, 0.29) is 11.9 Å². The van der Waals surface area contributed by atoms with Gasteiger partial charge in [-0.2, -0.15) is 0 Å². The Labute approximate surface area is 220 Å². The molecule has 1 saturated heterocycles. The number of alkyl carbamates (subject to hydrolysis) is 1. The number of rotatable bonds is 9. The van der Waals surface area contributed by atoms with Crippen molar-refractivity contribution in [2.45, 2.75) is 123 Å². The Hall–Kier alpha value is -2.65. The molecule has 0 aromatic carbocycles. The predicted octanol–water partition coefficient (Wildman–Crippen LogP) is 2.44. The molecule has 2 saturated carbocycles. The fraction of sp³-hybridized carbons (Fsp3) is 0.815. The molecule has 1 aliphatic heterocycles. The number of ketones is 1. The second kappa shape index (κ2) is 11.4. The maximum atomic E-state index is 13.6. The number of ether oxygens (including phenoxy) is 1. The van der Waals surface area contributed by atoms with Gasteiger partial charge in [-0.1, -0.05) is 40.0 Å². The lowest BCUT2D eigenvalue weighted by atomic mass is 9.80. The topological polar surface area (TPSA) is 134 Å². The fourth-order valence-electron chi connectivity index (χ4n) is 4.75.